The lowest BCUT2D eigenvalue weighted by Gasteiger charge is -2.14. The van der Waals surface area contributed by atoms with Gasteiger partial charge >= 0.3 is 0 Å². The van der Waals surface area contributed by atoms with Gasteiger partial charge in [0.25, 0.3) is 0 Å². The Bertz CT molecular complexity index is 599. The van der Waals surface area contributed by atoms with Gasteiger partial charge in [0.2, 0.25) is 0 Å². The third kappa shape index (κ3) is 3.11. The summed E-state index contributed by atoms with van der Waals surface area (Å²) in [5.41, 5.74) is 4.07. The predicted octanol–water partition coefficient (Wildman–Crippen LogP) is 4.97. The molecule has 2 rings (SSSR count). The van der Waals surface area contributed by atoms with E-state index in [9.17, 15) is 0 Å². The summed E-state index contributed by atoms with van der Waals surface area (Å²) in [7, 11) is 3.32. The molecule has 2 nitrogen and oxygen atoms in total. The lowest BCUT2D eigenvalue weighted by atomic mass is 10.0. The Morgan fingerprint density at radius 3 is 2.15 bits per heavy atom. The van der Waals surface area contributed by atoms with E-state index in [1.54, 1.807) is 25.6 Å². The van der Waals surface area contributed by atoms with E-state index in [0.29, 0.717) is 0 Å². The predicted molar refractivity (Wildman–Crippen MR) is 87.5 cm³/mol. The van der Waals surface area contributed by atoms with E-state index in [-0.39, 0.29) is 0 Å². The molecule has 1 aromatic heterocycles. The first-order valence-corrected chi connectivity index (χ1v) is 7.22. The largest absolute Gasteiger partial charge is 0.496 e. The molecule has 2 aromatic rings. The SMILES string of the molecule is C=C(C)c1c(OC)cc(/C=C/c2ccsc2)cc1OC. The van der Waals surface area contributed by atoms with Crippen molar-refractivity contribution >= 4 is 29.1 Å². The molecule has 0 unspecified atom stereocenters. The first kappa shape index (κ1) is 14.4. The number of hydrogen-bond acceptors (Lipinski definition) is 3. The van der Waals surface area contributed by atoms with Crippen molar-refractivity contribution in [1.29, 1.82) is 0 Å². The van der Waals surface area contributed by atoms with Crippen molar-refractivity contribution < 1.29 is 9.47 Å². The quantitative estimate of drug-likeness (QED) is 0.772. The zero-order valence-corrected chi connectivity index (χ0v) is 12.8. The first-order valence-electron chi connectivity index (χ1n) is 6.28. The lowest BCUT2D eigenvalue weighted by Crippen LogP contribution is -1.95. The summed E-state index contributed by atoms with van der Waals surface area (Å²) < 4.78 is 10.9. The van der Waals surface area contributed by atoms with E-state index in [0.717, 1.165) is 28.2 Å². The number of allylic oxidation sites excluding steroid dienone is 1. The van der Waals surface area contributed by atoms with E-state index >= 15 is 0 Å². The third-order valence-corrected chi connectivity index (χ3v) is 3.67. The van der Waals surface area contributed by atoms with E-state index in [1.807, 2.05) is 19.1 Å². The normalized spacial score (nSPS) is 10.8. The van der Waals surface area contributed by atoms with E-state index < -0.39 is 0 Å². The van der Waals surface area contributed by atoms with Crippen molar-refractivity contribution in [3.8, 4) is 11.5 Å². The first-order chi connectivity index (χ1) is 9.65. The van der Waals surface area contributed by atoms with Crippen LogP contribution in [0.1, 0.15) is 23.6 Å². The minimum atomic E-state index is 0.779. The molecule has 104 valence electrons. The molecule has 0 atom stereocenters. The van der Waals surface area contributed by atoms with Crippen molar-refractivity contribution in [3.63, 3.8) is 0 Å². The van der Waals surface area contributed by atoms with Crippen molar-refractivity contribution in [3.05, 3.63) is 52.2 Å². The molecule has 0 saturated carbocycles. The Labute approximate surface area is 124 Å². The zero-order valence-electron chi connectivity index (χ0n) is 12.0. The van der Waals surface area contributed by atoms with Gasteiger partial charge in [-0.15, -0.1) is 0 Å². The van der Waals surface area contributed by atoms with Gasteiger partial charge in [0, 0.05) is 0 Å². The van der Waals surface area contributed by atoms with Crippen LogP contribution in [0.3, 0.4) is 0 Å². The number of benzene rings is 1. The van der Waals surface area contributed by atoms with Gasteiger partial charge in [0.05, 0.1) is 19.8 Å². The van der Waals surface area contributed by atoms with Crippen LogP contribution in [0.4, 0.5) is 0 Å². The Kier molecular flexibility index (Phi) is 4.64. The van der Waals surface area contributed by atoms with Crippen LogP contribution in [-0.4, -0.2) is 14.2 Å². The van der Waals surface area contributed by atoms with Crippen molar-refractivity contribution in [1.82, 2.24) is 0 Å². The molecule has 0 spiro atoms. The van der Waals surface area contributed by atoms with Crippen LogP contribution in [0.5, 0.6) is 11.5 Å². The van der Waals surface area contributed by atoms with E-state index in [2.05, 4.69) is 35.6 Å². The van der Waals surface area contributed by atoms with Crippen LogP contribution in [0.25, 0.3) is 17.7 Å². The van der Waals surface area contributed by atoms with Gasteiger partial charge in [-0.2, -0.15) is 11.3 Å². The molecule has 0 amide bonds. The number of thiophene rings is 1. The molecule has 1 heterocycles. The van der Waals surface area contributed by atoms with Gasteiger partial charge in [0.1, 0.15) is 11.5 Å². The highest BCUT2D eigenvalue weighted by atomic mass is 32.1. The fourth-order valence-corrected chi connectivity index (χ4v) is 2.64. The Hall–Kier alpha value is -2.00. The highest BCUT2D eigenvalue weighted by molar-refractivity contribution is 7.08. The van der Waals surface area contributed by atoms with Crippen LogP contribution < -0.4 is 9.47 Å². The zero-order chi connectivity index (χ0) is 14.5. The second-order valence-electron chi connectivity index (χ2n) is 4.47. The highest BCUT2D eigenvalue weighted by Crippen LogP contribution is 2.35. The topological polar surface area (TPSA) is 18.5 Å². The molecule has 0 bridgehead atoms. The lowest BCUT2D eigenvalue weighted by molar-refractivity contribution is 0.392. The smallest absolute Gasteiger partial charge is 0.130 e. The van der Waals surface area contributed by atoms with Crippen molar-refractivity contribution in [2.75, 3.05) is 14.2 Å². The monoisotopic (exact) mass is 286 g/mol. The van der Waals surface area contributed by atoms with Gasteiger partial charge in [-0.05, 0) is 52.6 Å². The summed E-state index contributed by atoms with van der Waals surface area (Å²) in [5.74, 6) is 1.56. The van der Waals surface area contributed by atoms with E-state index in [4.69, 9.17) is 9.47 Å². The molecular weight excluding hydrogens is 268 g/mol. The Balaban J connectivity index is 2.43. The summed E-state index contributed by atoms with van der Waals surface area (Å²) in [6, 6.07) is 6.07. The fraction of sp³-hybridized carbons (Fsp3) is 0.176. The van der Waals surface area contributed by atoms with Crippen LogP contribution in [0.2, 0.25) is 0 Å². The molecule has 1 aromatic carbocycles. The van der Waals surface area contributed by atoms with E-state index in [1.165, 1.54) is 5.56 Å². The molecule has 3 heteroatoms. The third-order valence-electron chi connectivity index (χ3n) is 2.97. The molecule has 0 radical (unpaired) electrons. The van der Waals surface area contributed by atoms with Crippen LogP contribution in [-0.2, 0) is 0 Å². The number of rotatable bonds is 5. The number of methoxy groups -OCH3 is 2. The minimum Gasteiger partial charge on any atom is -0.496 e. The van der Waals surface area contributed by atoms with Crippen molar-refractivity contribution in [2.45, 2.75) is 6.92 Å². The molecule has 0 fully saturated rings. The molecule has 0 N–H and O–H groups in total. The second kappa shape index (κ2) is 6.44. The van der Waals surface area contributed by atoms with Gasteiger partial charge in [-0.3, -0.25) is 0 Å². The molecule has 0 aliphatic carbocycles. The van der Waals surface area contributed by atoms with Gasteiger partial charge < -0.3 is 9.47 Å². The summed E-state index contributed by atoms with van der Waals surface area (Å²) in [6.07, 6.45) is 4.13. The number of ether oxygens (including phenoxy) is 2. The minimum absolute atomic E-state index is 0.779. The van der Waals surface area contributed by atoms with Crippen LogP contribution in [0, 0.1) is 0 Å². The standard InChI is InChI=1S/C17H18O2S/c1-12(2)17-15(18-3)9-14(10-16(17)19-4)6-5-13-7-8-20-11-13/h5-11H,1H2,2-4H3/b6-5+. The summed E-state index contributed by atoms with van der Waals surface area (Å²) in [4.78, 5) is 0. The molecular formula is C17H18O2S. The van der Waals surface area contributed by atoms with Crippen LogP contribution in [0.15, 0.2) is 35.5 Å². The maximum absolute atomic E-state index is 5.45. The summed E-state index contributed by atoms with van der Waals surface area (Å²) in [5, 5.41) is 4.16. The van der Waals surface area contributed by atoms with Crippen molar-refractivity contribution in [2.24, 2.45) is 0 Å². The maximum Gasteiger partial charge on any atom is 0.130 e. The average molecular weight is 286 g/mol. The molecule has 20 heavy (non-hydrogen) atoms. The molecule has 0 saturated heterocycles. The van der Waals surface area contributed by atoms with Gasteiger partial charge in [0.15, 0.2) is 0 Å². The van der Waals surface area contributed by atoms with Gasteiger partial charge in [-0.25, -0.2) is 0 Å². The second-order valence-corrected chi connectivity index (χ2v) is 5.25. The summed E-state index contributed by atoms with van der Waals surface area (Å²) in [6.45, 7) is 5.93. The average Bonchev–Trinajstić information content (AvgIpc) is 2.96. The Morgan fingerprint density at radius 2 is 1.70 bits per heavy atom. The number of hydrogen-bond donors (Lipinski definition) is 0. The molecule has 0 aliphatic rings. The highest BCUT2D eigenvalue weighted by Gasteiger charge is 2.12. The maximum atomic E-state index is 5.45. The summed E-state index contributed by atoms with van der Waals surface area (Å²) >= 11 is 1.68. The molecule has 0 aliphatic heterocycles. The Morgan fingerprint density at radius 1 is 1.10 bits per heavy atom. The van der Waals surface area contributed by atoms with Crippen LogP contribution >= 0.6 is 11.3 Å². The van der Waals surface area contributed by atoms with Gasteiger partial charge in [-0.1, -0.05) is 18.7 Å². The fourth-order valence-electron chi connectivity index (χ4n) is 2.01.